The summed E-state index contributed by atoms with van der Waals surface area (Å²) >= 11 is 0. The van der Waals surface area contributed by atoms with E-state index in [1.165, 1.54) is 35.1 Å². The Balaban J connectivity index is 1.88. The molecule has 1 saturated carbocycles. The van der Waals surface area contributed by atoms with E-state index in [1.807, 2.05) is 6.07 Å². The van der Waals surface area contributed by atoms with E-state index in [0.29, 0.717) is 12.3 Å². The summed E-state index contributed by atoms with van der Waals surface area (Å²) in [7, 11) is 0. The SMILES string of the molecule is Cc1cccc(C)c1CC(O)c1ccccc1C1CC1. The Kier molecular flexibility index (Phi) is 3.62. The standard InChI is InChI=1S/C19H22O/c1-13-6-5-7-14(2)18(13)12-19(20)17-9-4-3-8-16(17)15-10-11-15/h3-9,15,19-20H,10-12H2,1-2H3. The third-order valence-corrected chi connectivity index (χ3v) is 4.41. The highest BCUT2D eigenvalue weighted by Gasteiger charge is 2.27. The molecule has 1 N–H and O–H groups in total. The molecule has 0 aliphatic heterocycles. The first kappa shape index (κ1) is 13.4. The highest BCUT2D eigenvalue weighted by Crippen LogP contribution is 2.43. The summed E-state index contributed by atoms with van der Waals surface area (Å²) in [6.07, 6.45) is 2.86. The Labute approximate surface area is 121 Å². The summed E-state index contributed by atoms with van der Waals surface area (Å²) in [5.74, 6) is 0.679. The molecule has 2 aromatic carbocycles. The number of benzene rings is 2. The van der Waals surface area contributed by atoms with Gasteiger partial charge in [0, 0.05) is 6.42 Å². The summed E-state index contributed by atoms with van der Waals surface area (Å²) in [6, 6.07) is 14.7. The zero-order valence-electron chi connectivity index (χ0n) is 12.3. The molecule has 1 atom stereocenters. The van der Waals surface area contributed by atoms with Gasteiger partial charge in [0.05, 0.1) is 6.10 Å². The Hall–Kier alpha value is -1.60. The molecule has 1 heteroatoms. The smallest absolute Gasteiger partial charge is 0.0833 e. The predicted octanol–water partition coefficient (Wildman–Crippen LogP) is 4.46. The minimum absolute atomic E-state index is 0.397. The third kappa shape index (κ3) is 2.64. The van der Waals surface area contributed by atoms with Crippen molar-refractivity contribution in [3.63, 3.8) is 0 Å². The molecule has 2 aromatic rings. The van der Waals surface area contributed by atoms with Crippen LogP contribution in [0.3, 0.4) is 0 Å². The van der Waals surface area contributed by atoms with Gasteiger partial charge in [0.1, 0.15) is 0 Å². The lowest BCUT2D eigenvalue weighted by molar-refractivity contribution is 0.177. The van der Waals surface area contributed by atoms with Gasteiger partial charge in [-0.25, -0.2) is 0 Å². The van der Waals surface area contributed by atoms with Crippen molar-refractivity contribution in [3.8, 4) is 0 Å². The molecule has 0 amide bonds. The lowest BCUT2D eigenvalue weighted by Crippen LogP contribution is -2.07. The Morgan fingerprint density at radius 1 is 1.00 bits per heavy atom. The van der Waals surface area contributed by atoms with Gasteiger partial charge in [-0.2, -0.15) is 0 Å². The largest absolute Gasteiger partial charge is 0.388 e. The number of hydrogen-bond donors (Lipinski definition) is 1. The molecule has 0 radical (unpaired) electrons. The number of aryl methyl sites for hydroxylation is 2. The molecule has 0 bridgehead atoms. The highest BCUT2D eigenvalue weighted by molar-refractivity contribution is 5.38. The molecule has 3 rings (SSSR count). The van der Waals surface area contributed by atoms with Crippen molar-refractivity contribution >= 4 is 0 Å². The highest BCUT2D eigenvalue weighted by atomic mass is 16.3. The van der Waals surface area contributed by atoms with Crippen molar-refractivity contribution in [1.29, 1.82) is 0 Å². The molecule has 104 valence electrons. The first-order chi connectivity index (χ1) is 9.66. The molecule has 1 fully saturated rings. The van der Waals surface area contributed by atoms with Crippen LogP contribution in [-0.4, -0.2) is 5.11 Å². The van der Waals surface area contributed by atoms with E-state index in [2.05, 4.69) is 50.2 Å². The quantitative estimate of drug-likeness (QED) is 0.866. The molecular weight excluding hydrogens is 244 g/mol. The molecular formula is C19H22O. The van der Waals surface area contributed by atoms with Crippen LogP contribution >= 0.6 is 0 Å². The van der Waals surface area contributed by atoms with E-state index < -0.39 is 6.10 Å². The summed E-state index contributed by atoms with van der Waals surface area (Å²) in [4.78, 5) is 0. The van der Waals surface area contributed by atoms with E-state index in [4.69, 9.17) is 0 Å². The van der Waals surface area contributed by atoms with Crippen LogP contribution in [0.15, 0.2) is 42.5 Å². The van der Waals surface area contributed by atoms with Gasteiger partial charge in [0.15, 0.2) is 0 Å². The molecule has 0 heterocycles. The lowest BCUT2D eigenvalue weighted by Gasteiger charge is -2.18. The van der Waals surface area contributed by atoms with Gasteiger partial charge in [-0.15, -0.1) is 0 Å². The van der Waals surface area contributed by atoms with Gasteiger partial charge in [-0.05, 0) is 60.4 Å². The van der Waals surface area contributed by atoms with Gasteiger partial charge >= 0.3 is 0 Å². The molecule has 1 unspecified atom stereocenters. The molecule has 0 saturated heterocycles. The average Bonchev–Trinajstić information content (AvgIpc) is 3.27. The van der Waals surface area contributed by atoms with E-state index >= 15 is 0 Å². The second-order valence-electron chi connectivity index (χ2n) is 5.99. The fourth-order valence-electron chi connectivity index (χ4n) is 3.05. The van der Waals surface area contributed by atoms with Crippen molar-refractivity contribution in [3.05, 3.63) is 70.3 Å². The topological polar surface area (TPSA) is 20.2 Å². The summed E-state index contributed by atoms with van der Waals surface area (Å²) in [6.45, 7) is 4.25. The molecule has 1 aliphatic rings. The molecule has 0 aromatic heterocycles. The van der Waals surface area contributed by atoms with Gasteiger partial charge in [-0.3, -0.25) is 0 Å². The minimum atomic E-state index is -0.397. The van der Waals surface area contributed by atoms with Crippen molar-refractivity contribution in [2.45, 2.75) is 45.1 Å². The van der Waals surface area contributed by atoms with Crippen LogP contribution in [0.25, 0.3) is 0 Å². The van der Waals surface area contributed by atoms with Crippen LogP contribution in [-0.2, 0) is 6.42 Å². The number of aliphatic hydroxyl groups is 1. The van der Waals surface area contributed by atoms with Gasteiger partial charge in [0.2, 0.25) is 0 Å². The summed E-state index contributed by atoms with van der Waals surface area (Å²) < 4.78 is 0. The van der Waals surface area contributed by atoms with Crippen molar-refractivity contribution in [2.24, 2.45) is 0 Å². The monoisotopic (exact) mass is 266 g/mol. The third-order valence-electron chi connectivity index (χ3n) is 4.41. The van der Waals surface area contributed by atoms with Crippen LogP contribution in [0.1, 0.15) is 52.7 Å². The first-order valence-electron chi connectivity index (χ1n) is 7.49. The maximum absolute atomic E-state index is 10.7. The van der Waals surface area contributed by atoms with Crippen LogP contribution in [0.2, 0.25) is 0 Å². The van der Waals surface area contributed by atoms with E-state index in [-0.39, 0.29) is 0 Å². The van der Waals surface area contributed by atoms with Crippen LogP contribution < -0.4 is 0 Å². The Morgan fingerprint density at radius 2 is 1.65 bits per heavy atom. The predicted molar refractivity (Wildman–Crippen MR) is 83.0 cm³/mol. The number of rotatable bonds is 4. The number of aliphatic hydroxyl groups excluding tert-OH is 1. The van der Waals surface area contributed by atoms with Gasteiger partial charge < -0.3 is 5.11 Å². The zero-order valence-corrected chi connectivity index (χ0v) is 12.3. The molecule has 1 nitrogen and oxygen atoms in total. The molecule has 1 aliphatic carbocycles. The Bertz CT molecular complexity index is 591. The van der Waals surface area contributed by atoms with Crippen LogP contribution in [0.4, 0.5) is 0 Å². The van der Waals surface area contributed by atoms with Crippen LogP contribution in [0.5, 0.6) is 0 Å². The van der Waals surface area contributed by atoms with E-state index in [1.54, 1.807) is 0 Å². The van der Waals surface area contributed by atoms with Gasteiger partial charge in [0.25, 0.3) is 0 Å². The maximum atomic E-state index is 10.7. The Morgan fingerprint density at radius 3 is 2.30 bits per heavy atom. The van der Waals surface area contributed by atoms with Crippen molar-refractivity contribution < 1.29 is 5.11 Å². The van der Waals surface area contributed by atoms with Gasteiger partial charge in [-0.1, -0.05) is 42.5 Å². The first-order valence-corrected chi connectivity index (χ1v) is 7.49. The maximum Gasteiger partial charge on any atom is 0.0833 e. The second-order valence-corrected chi connectivity index (χ2v) is 5.99. The lowest BCUT2D eigenvalue weighted by atomic mass is 9.91. The summed E-state index contributed by atoms with van der Waals surface area (Å²) in [5.41, 5.74) is 6.30. The molecule has 20 heavy (non-hydrogen) atoms. The summed E-state index contributed by atoms with van der Waals surface area (Å²) in [5, 5.41) is 10.7. The van der Waals surface area contributed by atoms with E-state index in [9.17, 15) is 5.11 Å². The average molecular weight is 266 g/mol. The fraction of sp³-hybridized carbons (Fsp3) is 0.368. The normalized spacial score (nSPS) is 16.1. The fourth-order valence-corrected chi connectivity index (χ4v) is 3.05. The molecule has 0 spiro atoms. The van der Waals surface area contributed by atoms with Crippen molar-refractivity contribution in [1.82, 2.24) is 0 Å². The van der Waals surface area contributed by atoms with Crippen molar-refractivity contribution in [2.75, 3.05) is 0 Å². The zero-order chi connectivity index (χ0) is 14.1. The second kappa shape index (κ2) is 5.41. The minimum Gasteiger partial charge on any atom is -0.388 e. The number of hydrogen-bond acceptors (Lipinski definition) is 1. The van der Waals surface area contributed by atoms with E-state index in [0.717, 1.165) is 5.56 Å². The van der Waals surface area contributed by atoms with Crippen LogP contribution in [0, 0.1) is 13.8 Å².